The van der Waals surface area contributed by atoms with Crippen molar-refractivity contribution in [3.05, 3.63) is 33.1 Å². The highest BCUT2D eigenvalue weighted by atomic mass is 35.5. The number of nitrogens with zero attached hydrogens (tertiary/aromatic N) is 1. The average Bonchev–Trinajstić information content (AvgIpc) is 2.47. The van der Waals surface area contributed by atoms with Gasteiger partial charge in [0.05, 0.1) is 16.1 Å². The van der Waals surface area contributed by atoms with E-state index in [4.69, 9.17) is 20.9 Å². The van der Waals surface area contributed by atoms with Crippen LogP contribution in [0, 0.1) is 15.9 Å². The monoisotopic (exact) mass is 301 g/mol. The van der Waals surface area contributed by atoms with Gasteiger partial charge in [0, 0.05) is 16.6 Å². The molecule has 8 heteroatoms. The molecule has 20 heavy (non-hydrogen) atoms. The van der Waals surface area contributed by atoms with Crippen LogP contribution in [0.15, 0.2) is 12.1 Å². The second-order valence-corrected chi connectivity index (χ2v) is 6.08. The highest BCUT2D eigenvalue weighted by Crippen LogP contribution is 2.37. The standard InChI is InChI=1S/C12H14BClFNO4/c1-11(2)12(3,4)20-13(19-11)7-5-10(16(17)18)9(15)6-8(7)14/h5-6H,1-4H3. The summed E-state index contributed by atoms with van der Waals surface area (Å²) < 4.78 is 25.0. The Morgan fingerprint density at radius 1 is 1.25 bits per heavy atom. The molecule has 1 aromatic carbocycles. The summed E-state index contributed by atoms with van der Waals surface area (Å²) in [6.07, 6.45) is 0. The molecule has 0 atom stereocenters. The van der Waals surface area contributed by atoms with Gasteiger partial charge in [-0.3, -0.25) is 10.1 Å². The van der Waals surface area contributed by atoms with E-state index in [2.05, 4.69) is 0 Å². The molecule has 0 bridgehead atoms. The summed E-state index contributed by atoms with van der Waals surface area (Å²) in [7, 11) is -0.869. The molecule has 0 aliphatic carbocycles. The Morgan fingerprint density at radius 2 is 1.75 bits per heavy atom. The van der Waals surface area contributed by atoms with Gasteiger partial charge in [0.25, 0.3) is 0 Å². The van der Waals surface area contributed by atoms with Crippen LogP contribution in [0.3, 0.4) is 0 Å². The Hall–Kier alpha value is -1.18. The van der Waals surface area contributed by atoms with Crippen molar-refractivity contribution < 1.29 is 18.6 Å². The number of nitro groups is 1. The molecule has 1 aliphatic heterocycles. The predicted octanol–water partition coefficient (Wildman–Crippen LogP) is 2.69. The van der Waals surface area contributed by atoms with Crippen molar-refractivity contribution in [2.75, 3.05) is 0 Å². The summed E-state index contributed by atoms with van der Waals surface area (Å²) in [5.74, 6) is -0.986. The van der Waals surface area contributed by atoms with E-state index < -0.39 is 34.7 Å². The van der Waals surface area contributed by atoms with E-state index in [0.29, 0.717) is 0 Å². The van der Waals surface area contributed by atoms with Crippen molar-refractivity contribution in [2.45, 2.75) is 38.9 Å². The molecule has 1 aliphatic rings. The fraction of sp³-hybridized carbons (Fsp3) is 0.500. The highest BCUT2D eigenvalue weighted by molar-refractivity contribution is 6.65. The number of halogens is 2. The zero-order valence-corrected chi connectivity index (χ0v) is 12.3. The zero-order chi connectivity index (χ0) is 15.3. The first kappa shape index (κ1) is 15.2. The number of nitro benzene ring substituents is 1. The minimum absolute atomic E-state index is 0.0339. The van der Waals surface area contributed by atoms with Crippen LogP contribution in [-0.4, -0.2) is 23.2 Å². The SMILES string of the molecule is CC1(C)OB(c2cc([N+](=O)[O-])c(F)cc2Cl)OC1(C)C. The first-order chi connectivity index (χ1) is 9.05. The topological polar surface area (TPSA) is 61.6 Å². The van der Waals surface area contributed by atoms with Gasteiger partial charge < -0.3 is 9.31 Å². The van der Waals surface area contributed by atoms with Crippen LogP contribution in [0.4, 0.5) is 10.1 Å². The van der Waals surface area contributed by atoms with Crippen molar-refractivity contribution in [3.63, 3.8) is 0 Å². The van der Waals surface area contributed by atoms with Gasteiger partial charge in [0.1, 0.15) is 0 Å². The molecule has 0 aromatic heterocycles. The third kappa shape index (κ3) is 2.41. The van der Waals surface area contributed by atoms with Gasteiger partial charge in [-0.25, -0.2) is 0 Å². The second kappa shape index (κ2) is 4.68. The van der Waals surface area contributed by atoms with Gasteiger partial charge in [0.15, 0.2) is 0 Å². The van der Waals surface area contributed by atoms with Crippen LogP contribution in [0.2, 0.25) is 5.02 Å². The van der Waals surface area contributed by atoms with Crippen LogP contribution in [0.25, 0.3) is 0 Å². The summed E-state index contributed by atoms with van der Waals surface area (Å²) in [4.78, 5) is 9.99. The third-order valence-electron chi connectivity index (χ3n) is 3.77. The van der Waals surface area contributed by atoms with Gasteiger partial charge in [-0.05, 0) is 33.8 Å². The van der Waals surface area contributed by atoms with E-state index in [1.165, 1.54) is 0 Å². The number of benzene rings is 1. The fourth-order valence-corrected chi connectivity index (χ4v) is 2.08. The number of hydrogen-bond donors (Lipinski definition) is 0. The molecule has 0 saturated carbocycles. The Bertz CT molecular complexity index is 563. The van der Waals surface area contributed by atoms with E-state index in [-0.39, 0.29) is 10.5 Å². The third-order valence-corrected chi connectivity index (χ3v) is 4.10. The minimum Gasteiger partial charge on any atom is -0.399 e. The smallest absolute Gasteiger partial charge is 0.399 e. The van der Waals surface area contributed by atoms with Crippen molar-refractivity contribution in [2.24, 2.45) is 0 Å². The molecule has 108 valence electrons. The van der Waals surface area contributed by atoms with Crippen LogP contribution in [0.1, 0.15) is 27.7 Å². The van der Waals surface area contributed by atoms with Crippen molar-refractivity contribution in [1.29, 1.82) is 0 Å². The summed E-state index contributed by atoms with van der Waals surface area (Å²) in [6.45, 7) is 7.38. The molecule has 0 unspecified atom stereocenters. The number of rotatable bonds is 2. The molecule has 1 heterocycles. The molecule has 2 rings (SSSR count). The minimum atomic E-state index is -0.986. The quantitative estimate of drug-likeness (QED) is 0.479. The summed E-state index contributed by atoms with van der Waals surface area (Å²) in [6, 6.07) is 1.96. The van der Waals surface area contributed by atoms with Gasteiger partial charge in [-0.2, -0.15) is 4.39 Å². The second-order valence-electron chi connectivity index (χ2n) is 5.67. The van der Waals surface area contributed by atoms with Gasteiger partial charge in [-0.1, -0.05) is 11.6 Å². The molecule has 1 saturated heterocycles. The lowest BCUT2D eigenvalue weighted by Gasteiger charge is -2.32. The van der Waals surface area contributed by atoms with Crippen molar-refractivity contribution >= 4 is 29.9 Å². The Balaban J connectivity index is 2.45. The van der Waals surface area contributed by atoms with Crippen LogP contribution in [-0.2, 0) is 9.31 Å². The largest absolute Gasteiger partial charge is 0.496 e. The Morgan fingerprint density at radius 3 is 2.20 bits per heavy atom. The molecule has 1 fully saturated rings. The Labute approximate surface area is 121 Å². The van der Waals surface area contributed by atoms with Gasteiger partial charge in [-0.15, -0.1) is 0 Å². The van der Waals surface area contributed by atoms with E-state index in [9.17, 15) is 14.5 Å². The zero-order valence-electron chi connectivity index (χ0n) is 11.6. The predicted molar refractivity (Wildman–Crippen MR) is 73.8 cm³/mol. The summed E-state index contributed by atoms with van der Waals surface area (Å²) in [5, 5.41) is 10.8. The van der Waals surface area contributed by atoms with E-state index in [1.807, 2.05) is 27.7 Å². The Kier molecular flexibility index (Phi) is 3.56. The lowest BCUT2D eigenvalue weighted by Crippen LogP contribution is -2.41. The lowest BCUT2D eigenvalue weighted by atomic mass is 9.79. The molecule has 0 radical (unpaired) electrons. The maximum absolute atomic E-state index is 13.5. The summed E-state index contributed by atoms with van der Waals surface area (Å²) in [5.41, 5.74) is -1.62. The van der Waals surface area contributed by atoms with E-state index >= 15 is 0 Å². The molecule has 0 amide bonds. The van der Waals surface area contributed by atoms with Gasteiger partial charge in [0.2, 0.25) is 5.82 Å². The molecule has 1 aromatic rings. The van der Waals surface area contributed by atoms with E-state index in [0.717, 1.165) is 12.1 Å². The fourth-order valence-electron chi connectivity index (χ4n) is 1.84. The highest BCUT2D eigenvalue weighted by Gasteiger charge is 2.52. The average molecular weight is 302 g/mol. The van der Waals surface area contributed by atoms with Crippen LogP contribution < -0.4 is 5.46 Å². The first-order valence-electron chi connectivity index (χ1n) is 6.04. The van der Waals surface area contributed by atoms with Crippen LogP contribution in [0.5, 0.6) is 0 Å². The molecule has 5 nitrogen and oxygen atoms in total. The normalized spacial score (nSPS) is 20.2. The molecular weight excluding hydrogens is 287 g/mol. The van der Waals surface area contributed by atoms with Crippen LogP contribution >= 0.6 is 11.6 Å². The van der Waals surface area contributed by atoms with Crippen molar-refractivity contribution in [3.8, 4) is 0 Å². The van der Waals surface area contributed by atoms with Crippen molar-refractivity contribution in [1.82, 2.24) is 0 Å². The molecule has 0 N–H and O–H groups in total. The molecular formula is C12H14BClFNO4. The lowest BCUT2D eigenvalue weighted by molar-refractivity contribution is -0.387. The maximum Gasteiger partial charge on any atom is 0.496 e. The maximum atomic E-state index is 13.5. The first-order valence-corrected chi connectivity index (χ1v) is 6.42. The van der Waals surface area contributed by atoms with E-state index in [1.54, 1.807) is 0 Å². The summed E-state index contributed by atoms with van der Waals surface area (Å²) >= 11 is 5.95. The number of hydrogen-bond acceptors (Lipinski definition) is 4. The molecule has 0 spiro atoms. The van der Waals surface area contributed by atoms with Gasteiger partial charge >= 0.3 is 12.8 Å².